The first kappa shape index (κ1) is 24.9. The van der Waals surface area contributed by atoms with Gasteiger partial charge < -0.3 is 0 Å². The summed E-state index contributed by atoms with van der Waals surface area (Å²) in [6.45, 7) is 12.9. The number of rotatable bonds is 7. The molecule has 0 bridgehead atoms. The van der Waals surface area contributed by atoms with E-state index >= 15 is 0 Å². The van der Waals surface area contributed by atoms with Crippen molar-refractivity contribution in [3.05, 3.63) is 11.6 Å². The van der Waals surface area contributed by atoms with Crippen LogP contribution in [0.25, 0.3) is 0 Å². The van der Waals surface area contributed by atoms with Crippen molar-refractivity contribution in [1.82, 2.24) is 0 Å². The van der Waals surface area contributed by atoms with Crippen LogP contribution in [0.3, 0.4) is 0 Å². The van der Waals surface area contributed by atoms with E-state index in [-0.39, 0.29) is 0 Å². The summed E-state index contributed by atoms with van der Waals surface area (Å²) in [4.78, 5) is 1.09. The van der Waals surface area contributed by atoms with Crippen molar-refractivity contribution < 1.29 is 0 Å². The molecule has 0 amide bonds. The van der Waals surface area contributed by atoms with Crippen LogP contribution in [0.15, 0.2) is 11.6 Å². The van der Waals surface area contributed by atoms with Gasteiger partial charge in [-0.15, -0.1) is 0 Å². The number of hydrogen-bond donors (Lipinski definition) is 0. The Bertz CT molecular complexity index is 653. The molecule has 0 aromatic rings. The SMILES string of the molecule is CC(C)CCC[C@@H](C)[C@H]1CC[C@H]2[C@@H]3CC=C4C[C@@H]([Se][As](C)C)CC[C@]4(C)[C@H]3CC[C@]12C. The molecule has 0 spiro atoms. The average Bonchev–Trinajstić information content (AvgIpc) is 3.05. The van der Waals surface area contributed by atoms with Crippen LogP contribution in [0.1, 0.15) is 105 Å². The summed E-state index contributed by atoms with van der Waals surface area (Å²) in [5.41, 5.74) is 8.33. The van der Waals surface area contributed by atoms with Crippen LogP contribution in [-0.4, -0.2) is 25.7 Å². The molecule has 178 valence electrons. The van der Waals surface area contributed by atoms with Crippen LogP contribution in [0.4, 0.5) is 0 Å². The molecule has 0 radical (unpaired) electrons. The van der Waals surface area contributed by atoms with Crippen molar-refractivity contribution in [3.8, 4) is 0 Å². The minimum atomic E-state index is -0.432. The van der Waals surface area contributed by atoms with E-state index < -0.39 is 12.8 Å². The van der Waals surface area contributed by atoms with Gasteiger partial charge in [0, 0.05) is 0 Å². The summed E-state index contributed by atoms with van der Waals surface area (Å²) >= 11 is 0.556. The Hall–Kier alpha value is 0.818. The molecule has 4 aliphatic carbocycles. The van der Waals surface area contributed by atoms with E-state index in [1.54, 1.807) is 12.8 Å². The summed E-state index contributed by atoms with van der Waals surface area (Å²) in [7, 11) is 0. The van der Waals surface area contributed by atoms with Gasteiger partial charge in [-0.25, -0.2) is 0 Å². The first-order valence-corrected chi connectivity index (χ1v) is 23.2. The van der Waals surface area contributed by atoms with Crippen molar-refractivity contribution in [3.63, 3.8) is 0 Å². The maximum atomic E-state index is 2.82. The van der Waals surface area contributed by atoms with Gasteiger partial charge in [-0.05, 0) is 5.92 Å². The van der Waals surface area contributed by atoms with Crippen molar-refractivity contribution in [1.29, 1.82) is 0 Å². The molecular formula is C29H51AsSe. The van der Waals surface area contributed by atoms with E-state index in [0.29, 0.717) is 10.8 Å². The van der Waals surface area contributed by atoms with Gasteiger partial charge >= 0.3 is 179 Å². The van der Waals surface area contributed by atoms with Crippen LogP contribution < -0.4 is 0 Å². The Morgan fingerprint density at radius 3 is 2.48 bits per heavy atom. The van der Waals surface area contributed by atoms with Gasteiger partial charge in [0.1, 0.15) is 0 Å². The molecule has 0 aromatic carbocycles. The van der Waals surface area contributed by atoms with E-state index in [4.69, 9.17) is 0 Å². The van der Waals surface area contributed by atoms with E-state index in [2.05, 4.69) is 52.1 Å². The summed E-state index contributed by atoms with van der Waals surface area (Å²) < 4.78 is 0. The first-order valence-electron chi connectivity index (χ1n) is 13.7. The normalized spacial score (nSPS) is 43.4. The van der Waals surface area contributed by atoms with Gasteiger partial charge in [0.2, 0.25) is 0 Å². The molecule has 0 N–H and O–H groups in total. The Morgan fingerprint density at radius 1 is 1.00 bits per heavy atom. The third kappa shape index (κ3) is 4.83. The molecule has 0 saturated heterocycles. The van der Waals surface area contributed by atoms with Crippen molar-refractivity contribution in [2.45, 2.75) is 121 Å². The van der Waals surface area contributed by atoms with E-state index in [1.807, 2.05) is 5.57 Å². The summed E-state index contributed by atoms with van der Waals surface area (Å²) in [6.07, 6.45) is 19.3. The van der Waals surface area contributed by atoms with Crippen molar-refractivity contribution >= 4 is 25.7 Å². The van der Waals surface area contributed by atoms with Gasteiger partial charge in [0.25, 0.3) is 0 Å². The fourth-order valence-corrected chi connectivity index (χ4v) is 19.8. The first-order chi connectivity index (χ1) is 14.6. The topological polar surface area (TPSA) is 0 Å². The van der Waals surface area contributed by atoms with Gasteiger partial charge in [-0.3, -0.25) is 0 Å². The van der Waals surface area contributed by atoms with Crippen molar-refractivity contribution in [2.75, 3.05) is 0 Å². The third-order valence-electron chi connectivity index (χ3n) is 10.6. The molecule has 0 aromatic heterocycles. The second-order valence-electron chi connectivity index (χ2n) is 13.1. The Kier molecular flexibility index (Phi) is 7.90. The number of allylic oxidation sites excluding steroid dienone is 2. The van der Waals surface area contributed by atoms with Crippen LogP contribution in [0.5, 0.6) is 0 Å². The second-order valence-corrected chi connectivity index (χ2v) is 28.6. The zero-order valence-electron chi connectivity index (χ0n) is 21.8. The van der Waals surface area contributed by atoms with Gasteiger partial charge in [-0.1, -0.05) is 20.3 Å². The molecule has 0 aliphatic heterocycles. The quantitative estimate of drug-likeness (QED) is 0.218. The molecule has 8 atom stereocenters. The van der Waals surface area contributed by atoms with E-state index in [1.165, 1.54) is 57.8 Å². The molecule has 3 fully saturated rings. The molecule has 4 rings (SSSR count). The van der Waals surface area contributed by atoms with Crippen LogP contribution in [-0.2, 0) is 0 Å². The predicted octanol–water partition coefficient (Wildman–Crippen LogP) is 8.77. The summed E-state index contributed by atoms with van der Waals surface area (Å²) in [5.74, 6) is 5.84. The minimum absolute atomic E-state index is 0.432. The molecule has 2 heteroatoms. The predicted molar refractivity (Wildman–Crippen MR) is 140 cm³/mol. The standard InChI is InChI=1S/C29H51AsSe/c1-20(2)9-8-10-21(3)25-13-14-26-24-12-11-22-19-23(31-30(6)7)15-17-28(22,4)27(24)16-18-29(25,26)5/h11,20-21,23-27H,8-10,12-19H2,1-7H3/t21-,23+,24+,25-,26+,27+,28+,29-/m1/s1. The molecule has 4 aliphatic rings. The molecule has 0 nitrogen and oxygen atoms in total. The van der Waals surface area contributed by atoms with Crippen LogP contribution in [0, 0.1) is 46.3 Å². The van der Waals surface area contributed by atoms with E-state index in [0.717, 1.165) is 53.3 Å². The number of hydrogen-bond acceptors (Lipinski definition) is 0. The van der Waals surface area contributed by atoms with Crippen molar-refractivity contribution in [2.24, 2.45) is 46.3 Å². The van der Waals surface area contributed by atoms with Crippen LogP contribution >= 0.6 is 0 Å². The molecule has 0 unspecified atom stereocenters. The molecule has 31 heavy (non-hydrogen) atoms. The maximum absolute atomic E-state index is 2.82. The third-order valence-corrected chi connectivity index (χ3v) is 20.8. The van der Waals surface area contributed by atoms with Gasteiger partial charge in [0.15, 0.2) is 0 Å². The monoisotopic (exact) mass is 554 g/mol. The molecule has 3 saturated carbocycles. The van der Waals surface area contributed by atoms with E-state index in [9.17, 15) is 0 Å². The van der Waals surface area contributed by atoms with Gasteiger partial charge in [0.05, 0.1) is 0 Å². The van der Waals surface area contributed by atoms with Crippen LogP contribution in [0.2, 0.25) is 16.2 Å². The Labute approximate surface area is 204 Å². The zero-order valence-corrected chi connectivity index (χ0v) is 25.3. The molecule has 0 heterocycles. The van der Waals surface area contributed by atoms with Gasteiger partial charge in [-0.2, -0.15) is 0 Å². The zero-order chi connectivity index (χ0) is 22.4. The Morgan fingerprint density at radius 2 is 1.77 bits per heavy atom. The number of fused-ring (bicyclic) bond motifs is 5. The Balaban J connectivity index is 1.46. The fraction of sp³-hybridized carbons (Fsp3) is 0.931. The summed E-state index contributed by atoms with van der Waals surface area (Å²) in [5, 5.41) is 0. The second kappa shape index (κ2) is 9.82. The average molecular weight is 554 g/mol. The summed E-state index contributed by atoms with van der Waals surface area (Å²) in [6, 6.07) is 0. The molecular weight excluding hydrogens is 502 g/mol. The fourth-order valence-electron chi connectivity index (χ4n) is 9.04.